The Kier molecular flexibility index (Phi) is 6.04. The molecule has 0 radical (unpaired) electrons. The van der Waals surface area contributed by atoms with Crippen LogP contribution in [0.4, 0.5) is 0 Å². The Balaban J connectivity index is 1.88. The monoisotopic (exact) mass is 488 g/mol. The molecule has 4 rings (SSSR count). The van der Waals surface area contributed by atoms with Gasteiger partial charge in [-0.3, -0.25) is 0 Å². The first kappa shape index (κ1) is 21.8. The first-order valence-corrected chi connectivity index (χ1v) is 11.9. The van der Waals surface area contributed by atoms with Gasteiger partial charge in [-0.25, -0.2) is 0 Å². The molecular weight excluding hydrogens is 463 g/mol. The standard InChI is InChI=1S/C24H24O6Se/c1-5-27-23-24(29-6-2,22(26)17-12-8-10-15(4)21(17)30-23)31-18-13-28-20-14(3)9-7-11-16(20)19(18)25/h7-13,23H,5-6H2,1-4H3. The van der Waals surface area contributed by atoms with Crippen LogP contribution in [0.1, 0.15) is 35.3 Å². The second-order valence-corrected chi connectivity index (χ2v) is 9.89. The zero-order valence-electron chi connectivity index (χ0n) is 17.9. The fourth-order valence-electron chi connectivity index (χ4n) is 3.75. The van der Waals surface area contributed by atoms with Crippen molar-refractivity contribution in [3.05, 3.63) is 69.6 Å². The summed E-state index contributed by atoms with van der Waals surface area (Å²) in [5.41, 5.74) is 2.54. The molecule has 6 nitrogen and oxygen atoms in total. The molecule has 7 heteroatoms. The van der Waals surface area contributed by atoms with Crippen LogP contribution in [0.2, 0.25) is 0 Å². The number of carbonyl (C=O) groups excluding carboxylic acids is 1. The Morgan fingerprint density at radius 3 is 2.52 bits per heavy atom. The summed E-state index contributed by atoms with van der Waals surface area (Å²) in [6.45, 7) is 8.01. The van der Waals surface area contributed by atoms with Gasteiger partial charge in [-0.05, 0) is 0 Å². The quantitative estimate of drug-likeness (QED) is 0.498. The first-order chi connectivity index (χ1) is 14.9. The number of benzene rings is 2. The van der Waals surface area contributed by atoms with E-state index in [9.17, 15) is 9.59 Å². The van der Waals surface area contributed by atoms with Gasteiger partial charge in [0.15, 0.2) is 0 Å². The Bertz CT molecular complexity index is 1200. The van der Waals surface area contributed by atoms with Crippen molar-refractivity contribution in [2.45, 2.75) is 38.5 Å². The topological polar surface area (TPSA) is 75.0 Å². The van der Waals surface area contributed by atoms with Gasteiger partial charge >= 0.3 is 187 Å². The van der Waals surface area contributed by atoms with Crippen LogP contribution >= 0.6 is 0 Å². The van der Waals surface area contributed by atoms with Crippen LogP contribution in [0.15, 0.2) is 51.9 Å². The molecule has 162 valence electrons. The van der Waals surface area contributed by atoms with E-state index >= 15 is 0 Å². The van der Waals surface area contributed by atoms with Crippen molar-refractivity contribution in [2.24, 2.45) is 0 Å². The van der Waals surface area contributed by atoms with Gasteiger partial charge in [0.1, 0.15) is 0 Å². The van der Waals surface area contributed by atoms with Crippen LogP contribution < -0.4 is 14.6 Å². The molecule has 2 atom stereocenters. The van der Waals surface area contributed by atoms with E-state index in [2.05, 4.69) is 0 Å². The number of aryl methyl sites for hydroxylation is 2. The van der Waals surface area contributed by atoms with Crippen molar-refractivity contribution >= 4 is 36.2 Å². The van der Waals surface area contributed by atoms with E-state index in [0.717, 1.165) is 11.1 Å². The molecule has 3 aromatic rings. The number of carbonyl (C=O) groups is 1. The molecule has 0 fully saturated rings. The number of ketones is 1. The van der Waals surface area contributed by atoms with E-state index in [0.29, 0.717) is 33.4 Å². The van der Waals surface area contributed by atoms with E-state index in [1.807, 2.05) is 52.0 Å². The summed E-state index contributed by atoms with van der Waals surface area (Å²) in [5.74, 6) is 0.264. The van der Waals surface area contributed by atoms with Gasteiger partial charge in [-0.2, -0.15) is 0 Å². The maximum atomic E-state index is 13.8. The molecule has 0 saturated heterocycles. The van der Waals surface area contributed by atoms with Crippen molar-refractivity contribution in [3.8, 4) is 5.75 Å². The van der Waals surface area contributed by atoms with Crippen molar-refractivity contribution in [3.63, 3.8) is 0 Å². The summed E-state index contributed by atoms with van der Waals surface area (Å²) in [6, 6.07) is 10.9. The molecule has 0 spiro atoms. The molecule has 31 heavy (non-hydrogen) atoms. The molecule has 2 aromatic carbocycles. The van der Waals surface area contributed by atoms with Gasteiger partial charge in [-0.15, -0.1) is 0 Å². The first-order valence-electron chi connectivity index (χ1n) is 10.2. The van der Waals surface area contributed by atoms with E-state index < -0.39 is 25.7 Å². The van der Waals surface area contributed by atoms with Crippen molar-refractivity contribution in [1.82, 2.24) is 0 Å². The summed E-state index contributed by atoms with van der Waals surface area (Å²) < 4.78 is 22.9. The molecule has 0 bridgehead atoms. The number of hydrogen-bond acceptors (Lipinski definition) is 6. The molecule has 1 aliphatic rings. The van der Waals surface area contributed by atoms with E-state index in [-0.39, 0.29) is 17.8 Å². The SMILES string of the molecule is CCOC1Oc2c(C)cccc2C(=O)C1(OCC)[Se]c1coc2c(C)cccc2c1=O. The number of ether oxygens (including phenoxy) is 3. The molecule has 1 aliphatic heterocycles. The van der Waals surface area contributed by atoms with E-state index in [4.69, 9.17) is 18.6 Å². The normalized spacial score (nSPS) is 20.5. The molecule has 0 N–H and O–H groups in total. The van der Waals surface area contributed by atoms with Crippen LogP contribution in [-0.4, -0.2) is 44.7 Å². The molecule has 0 aliphatic carbocycles. The van der Waals surface area contributed by atoms with E-state index in [1.165, 1.54) is 6.26 Å². The van der Waals surface area contributed by atoms with Gasteiger partial charge in [-0.1, -0.05) is 0 Å². The Labute approximate surface area is 186 Å². The molecular formula is C24H24O6Se. The maximum absolute atomic E-state index is 13.8. The summed E-state index contributed by atoms with van der Waals surface area (Å²) >= 11 is -0.778. The van der Waals surface area contributed by atoms with Gasteiger partial charge in [0.25, 0.3) is 0 Å². The number of Topliss-reactive ketones (excluding diaryl/α,β-unsaturated/α-hetero) is 1. The number of fused-ring (bicyclic) bond motifs is 2. The van der Waals surface area contributed by atoms with Crippen LogP contribution in [0.3, 0.4) is 0 Å². The summed E-state index contributed by atoms with van der Waals surface area (Å²) in [4.78, 5) is 27.1. The third-order valence-electron chi connectivity index (χ3n) is 5.21. The average Bonchev–Trinajstić information content (AvgIpc) is 2.75. The van der Waals surface area contributed by atoms with Crippen LogP contribution in [0.5, 0.6) is 5.75 Å². The van der Waals surface area contributed by atoms with Crippen molar-refractivity contribution < 1.29 is 23.4 Å². The fourth-order valence-corrected chi connectivity index (χ4v) is 6.31. The Hall–Kier alpha value is -2.44. The second-order valence-electron chi connectivity index (χ2n) is 7.27. The number of hydrogen-bond donors (Lipinski definition) is 0. The third kappa shape index (κ3) is 3.62. The minimum atomic E-state index is -1.44. The average molecular weight is 487 g/mol. The van der Waals surface area contributed by atoms with Crippen molar-refractivity contribution in [1.29, 1.82) is 0 Å². The molecule has 2 heterocycles. The van der Waals surface area contributed by atoms with Gasteiger partial charge < -0.3 is 0 Å². The molecule has 0 saturated carbocycles. The van der Waals surface area contributed by atoms with Gasteiger partial charge in [0, 0.05) is 0 Å². The van der Waals surface area contributed by atoms with E-state index in [1.54, 1.807) is 12.1 Å². The van der Waals surface area contributed by atoms with Gasteiger partial charge in [0.2, 0.25) is 0 Å². The summed E-state index contributed by atoms with van der Waals surface area (Å²) in [5, 5.41) is 0.486. The molecule has 2 unspecified atom stereocenters. The number of para-hydroxylation sites is 2. The third-order valence-corrected chi connectivity index (χ3v) is 7.94. The van der Waals surface area contributed by atoms with Crippen LogP contribution in [0.25, 0.3) is 11.0 Å². The summed E-state index contributed by atoms with van der Waals surface area (Å²) in [6.07, 6.45) is 0.478. The van der Waals surface area contributed by atoms with Gasteiger partial charge in [0.05, 0.1) is 0 Å². The second kappa shape index (κ2) is 8.59. The fraction of sp³-hybridized carbons (Fsp3) is 0.333. The zero-order valence-corrected chi connectivity index (χ0v) is 19.6. The summed E-state index contributed by atoms with van der Waals surface area (Å²) in [7, 11) is 0. The molecule has 1 aromatic heterocycles. The zero-order chi connectivity index (χ0) is 22.2. The molecule has 0 amide bonds. The predicted molar refractivity (Wildman–Crippen MR) is 119 cm³/mol. The van der Waals surface area contributed by atoms with Crippen molar-refractivity contribution in [2.75, 3.05) is 13.2 Å². The van der Waals surface area contributed by atoms with Crippen LogP contribution in [-0.2, 0) is 9.47 Å². The number of rotatable bonds is 6. The van der Waals surface area contributed by atoms with Crippen LogP contribution in [0, 0.1) is 13.8 Å². The Morgan fingerprint density at radius 2 is 1.77 bits per heavy atom. The minimum absolute atomic E-state index is 0.165. The Morgan fingerprint density at radius 1 is 1.03 bits per heavy atom. The predicted octanol–water partition coefficient (Wildman–Crippen LogP) is 3.11.